The quantitative estimate of drug-likeness (QED) is 0.269. The van der Waals surface area contributed by atoms with Crippen LogP contribution in [0.3, 0.4) is 0 Å². The van der Waals surface area contributed by atoms with Gasteiger partial charge in [-0.2, -0.15) is 0 Å². The van der Waals surface area contributed by atoms with Crippen LogP contribution in [-0.4, -0.2) is 24.5 Å². The van der Waals surface area contributed by atoms with Crippen LogP contribution < -0.4 is 19.7 Å². The predicted octanol–water partition coefficient (Wildman–Crippen LogP) is 5.15. The molecule has 7 nitrogen and oxygen atoms in total. The molecule has 8 heteroatoms. The number of carbonyl (C=O) groups is 3. The van der Waals surface area contributed by atoms with Crippen molar-refractivity contribution in [2.45, 2.75) is 6.61 Å². The van der Waals surface area contributed by atoms with Crippen molar-refractivity contribution in [3.8, 4) is 11.5 Å². The molecule has 0 radical (unpaired) electrons. The lowest BCUT2D eigenvalue weighted by atomic mass is 10.1. The maximum absolute atomic E-state index is 13.1. The third-order valence-electron chi connectivity index (χ3n) is 5.11. The van der Waals surface area contributed by atoms with Crippen molar-refractivity contribution in [1.82, 2.24) is 5.32 Å². The first kappa shape index (κ1) is 23.8. The highest BCUT2D eigenvalue weighted by molar-refractivity contribution is 6.39. The number of urea groups is 1. The first-order chi connectivity index (χ1) is 17.0. The fourth-order valence-corrected chi connectivity index (χ4v) is 3.53. The molecule has 0 bridgehead atoms. The van der Waals surface area contributed by atoms with Gasteiger partial charge in [0.2, 0.25) is 0 Å². The van der Waals surface area contributed by atoms with Crippen LogP contribution in [0.5, 0.6) is 11.5 Å². The lowest BCUT2D eigenvalue weighted by Gasteiger charge is -2.26. The standard InChI is InChI=1S/C27H21ClN2O5/c1-2-15-34-21-11-7-18(8-12-21)16-23-25(31)29-27(33)30(26(23)32)20-9-13-22(14-10-20)35-17-19-5-3-4-6-24(19)28/h2-14,16H,1,15,17H2,(H,29,31,33)/b23-16+. The van der Waals surface area contributed by atoms with Crippen LogP contribution in [0.1, 0.15) is 11.1 Å². The zero-order chi connectivity index (χ0) is 24.8. The fraction of sp³-hybridized carbons (Fsp3) is 0.0741. The summed E-state index contributed by atoms with van der Waals surface area (Å²) < 4.78 is 11.2. The molecule has 1 heterocycles. The summed E-state index contributed by atoms with van der Waals surface area (Å²) in [6.45, 7) is 4.22. The van der Waals surface area contributed by atoms with Gasteiger partial charge in [0.15, 0.2) is 0 Å². The van der Waals surface area contributed by atoms with Crippen LogP contribution in [0, 0.1) is 0 Å². The number of hydrogen-bond donors (Lipinski definition) is 1. The van der Waals surface area contributed by atoms with Gasteiger partial charge >= 0.3 is 6.03 Å². The lowest BCUT2D eigenvalue weighted by Crippen LogP contribution is -2.54. The Hall–Kier alpha value is -4.36. The summed E-state index contributed by atoms with van der Waals surface area (Å²) in [4.78, 5) is 38.9. The normalized spacial score (nSPS) is 14.6. The Balaban J connectivity index is 1.50. The molecular weight excluding hydrogens is 468 g/mol. The van der Waals surface area contributed by atoms with Crippen LogP contribution in [-0.2, 0) is 16.2 Å². The van der Waals surface area contributed by atoms with Crippen LogP contribution in [0.15, 0.2) is 91.0 Å². The van der Waals surface area contributed by atoms with Gasteiger partial charge in [-0.1, -0.05) is 54.6 Å². The summed E-state index contributed by atoms with van der Waals surface area (Å²) in [7, 11) is 0. The Morgan fingerprint density at radius 3 is 2.23 bits per heavy atom. The molecule has 0 saturated carbocycles. The Kier molecular flexibility index (Phi) is 7.28. The summed E-state index contributed by atoms with van der Waals surface area (Å²) in [5, 5.41) is 2.81. The second-order valence-corrected chi connectivity index (χ2v) is 7.91. The molecule has 4 rings (SSSR count). The minimum absolute atomic E-state index is 0.164. The summed E-state index contributed by atoms with van der Waals surface area (Å²) in [5.41, 5.74) is 1.57. The number of benzene rings is 3. The molecule has 0 unspecified atom stereocenters. The number of ether oxygens (including phenoxy) is 2. The number of amides is 4. The van der Waals surface area contributed by atoms with E-state index in [4.69, 9.17) is 21.1 Å². The van der Waals surface area contributed by atoms with Gasteiger partial charge in [0.05, 0.1) is 5.69 Å². The highest BCUT2D eigenvalue weighted by Gasteiger charge is 2.36. The molecule has 0 atom stereocenters. The van der Waals surface area contributed by atoms with Crippen molar-refractivity contribution in [3.63, 3.8) is 0 Å². The van der Waals surface area contributed by atoms with Gasteiger partial charge in [-0.05, 0) is 54.1 Å². The topological polar surface area (TPSA) is 84.9 Å². The van der Waals surface area contributed by atoms with Crippen LogP contribution in [0.2, 0.25) is 5.02 Å². The average Bonchev–Trinajstić information content (AvgIpc) is 2.86. The summed E-state index contributed by atoms with van der Waals surface area (Å²) >= 11 is 6.15. The minimum atomic E-state index is -0.824. The predicted molar refractivity (Wildman–Crippen MR) is 133 cm³/mol. The van der Waals surface area contributed by atoms with Crippen molar-refractivity contribution in [2.75, 3.05) is 11.5 Å². The number of nitrogens with one attached hydrogen (secondary N) is 1. The second kappa shape index (κ2) is 10.7. The summed E-state index contributed by atoms with van der Waals surface area (Å²) in [5.74, 6) is -0.331. The number of rotatable bonds is 8. The van der Waals surface area contributed by atoms with E-state index in [1.54, 1.807) is 60.7 Å². The van der Waals surface area contributed by atoms with Gasteiger partial charge in [-0.25, -0.2) is 9.69 Å². The third-order valence-corrected chi connectivity index (χ3v) is 5.48. The van der Waals surface area contributed by atoms with Crippen molar-refractivity contribution in [3.05, 3.63) is 107 Å². The Labute approximate surface area is 207 Å². The maximum Gasteiger partial charge on any atom is 0.335 e. The van der Waals surface area contributed by atoms with Crippen molar-refractivity contribution < 1.29 is 23.9 Å². The molecule has 3 aromatic rings. The largest absolute Gasteiger partial charge is 0.490 e. The molecule has 0 aliphatic carbocycles. The molecule has 176 valence electrons. The number of carbonyl (C=O) groups excluding carboxylic acids is 3. The average molecular weight is 489 g/mol. The van der Waals surface area contributed by atoms with E-state index in [0.717, 1.165) is 10.5 Å². The molecule has 0 spiro atoms. The smallest absolute Gasteiger partial charge is 0.335 e. The van der Waals surface area contributed by atoms with Gasteiger partial charge in [-0.3, -0.25) is 14.9 Å². The molecule has 35 heavy (non-hydrogen) atoms. The van der Waals surface area contributed by atoms with Crippen LogP contribution >= 0.6 is 11.6 Å². The Bertz CT molecular complexity index is 1300. The zero-order valence-corrected chi connectivity index (χ0v) is 19.3. The fourth-order valence-electron chi connectivity index (χ4n) is 3.34. The lowest BCUT2D eigenvalue weighted by molar-refractivity contribution is -0.122. The number of barbiturate groups is 1. The Morgan fingerprint density at radius 2 is 1.54 bits per heavy atom. The van der Waals surface area contributed by atoms with Gasteiger partial charge in [0, 0.05) is 10.6 Å². The third kappa shape index (κ3) is 5.59. The molecule has 1 aliphatic heterocycles. The number of halogens is 1. The SMILES string of the molecule is C=CCOc1ccc(/C=C2\C(=O)NC(=O)N(c3ccc(OCc4ccccc4Cl)cc3)C2=O)cc1. The highest BCUT2D eigenvalue weighted by Crippen LogP contribution is 2.26. The van der Waals surface area contributed by atoms with Crippen molar-refractivity contribution in [2.24, 2.45) is 0 Å². The van der Waals surface area contributed by atoms with Crippen molar-refractivity contribution >= 4 is 41.2 Å². The second-order valence-electron chi connectivity index (χ2n) is 7.50. The highest BCUT2D eigenvalue weighted by atomic mass is 35.5. The molecule has 1 fully saturated rings. The number of anilines is 1. The van der Waals surface area contributed by atoms with Gasteiger partial charge in [0.25, 0.3) is 11.8 Å². The minimum Gasteiger partial charge on any atom is -0.490 e. The molecule has 4 amide bonds. The maximum atomic E-state index is 13.1. The number of hydrogen-bond acceptors (Lipinski definition) is 5. The molecule has 0 aromatic heterocycles. The Morgan fingerprint density at radius 1 is 0.886 bits per heavy atom. The molecule has 3 aromatic carbocycles. The summed E-state index contributed by atoms with van der Waals surface area (Å²) in [6, 6.07) is 19.8. The van der Waals surface area contributed by atoms with Crippen LogP contribution in [0.25, 0.3) is 6.08 Å². The van der Waals surface area contributed by atoms with E-state index >= 15 is 0 Å². The van der Waals surface area contributed by atoms with Gasteiger partial charge in [0.1, 0.15) is 30.3 Å². The van der Waals surface area contributed by atoms with Crippen LogP contribution in [0.4, 0.5) is 10.5 Å². The molecular formula is C27H21ClN2O5. The molecule has 1 aliphatic rings. The van der Waals surface area contributed by atoms with E-state index in [2.05, 4.69) is 11.9 Å². The number of nitrogens with zero attached hydrogens (tertiary/aromatic N) is 1. The van der Waals surface area contributed by atoms with Gasteiger partial charge < -0.3 is 9.47 Å². The van der Waals surface area contributed by atoms with E-state index in [9.17, 15) is 14.4 Å². The number of imide groups is 2. The monoisotopic (exact) mass is 488 g/mol. The molecule has 1 saturated heterocycles. The van der Waals surface area contributed by atoms with Gasteiger partial charge in [-0.15, -0.1) is 0 Å². The molecule has 1 N–H and O–H groups in total. The van der Waals surface area contributed by atoms with E-state index in [0.29, 0.717) is 34.4 Å². The van der Waals surface area contributed by atoms with E-state index in [1.165, 1.54) is 6.08 Å². The first-order valence-electron chi connectivity index (χ1n) is 10.7. The summed E-state index contributed by atoms with van der Waals surface area (Å²) in [6.07, 6.45) is 3.06. The zero-order valence-electron chi connectivity index (χ0n) is 18.6. The van der Waals surface area contributed by atoms with E-state index < -0.39 is 17.8 Å². The first-order valence-corrected chi connectivity index (χ1v) is 11.1. The van der Waals surface area contributed by atoms with Crippen molar-refractivity contribution in [1.29, 1.82) is 0 Å². The van der Waals surface area contributed by atoms with E-state index in [-0.39, 0.29) is 12.2 Å². The van der Waals surface area contributed by atoms with E-state index in [1.807, 2.05) is 18.2 Å².